The minimum Gasteiger partial charge on any atom is -0.392 e. The SMILES string of the molecule is CC1CC(CO)=CCN1. The van der Waals surface area contributed by atoms with E-state index in [1.165, 1.54) is 5.57 Å². The van der Waals surface area contributed by atoms with E-state index < -0.39 is 0 Å². The molecule has 1 aliphatic heterocycles. The molecule has 1 unspecified atom stereocenters. The Labute approximate surface area is 55.6 Å². The van der Waals surface area contributed by atoms with Gasteiger partial charge in [-0.25, -0.2) is 0 Å². The highest BCUT2D eigenvalue weighted by molar-refractivity contribution is 5.08. The molecule has 2 N–H and O–H groups in total. The molecular formula is C7H13NO. The van der Waals surface area contributed by atoms with Crippen LogP contribution < -0.4 is 5.32 Å². The van der Waals surface area contributed by atoms with Gasteiger partial charge < -0.3 is 10.4 Å². The van der Waals surface area contributed by atoms with Crippen LogP contribution in [-0.2, 0) is 0 Å². The molecule has 0 aliphatic carbocycles. The van der Waals surface area contributed by atoms with E-state index >= 15 is 0 Å². The quantitative estimate of drug-likeness (QED) is 0.496. The molecule has 0 fully saturated rings. The van der Waals surface area contributed by atoms with Gasteiger partial charge in [0.25, 0.3) is 0 Å². The number of rotatable bonds is 1. The first-order valence-electron chi connectivity index (χ1n) is 3.35. The molecule has 52 valence electrons. The topological polar surface area (TPSA) is 32.3 Å². The van der Waals surface area contributed by atoms with E-state index in [2.05, 4.69) is 18.3 Å². The number of hydrogen-bond acceptors (Lipinski definition) is 2. The van der Waals surface area contributed by atoms with Gasteiger partial charge in [0.05, 0.1) is 6.61 Å². The Balaban J connectivity index is 2.43. The lowest BCUT2D eigenvalue weighted by Crippen LogP contribution is -2.30. The number of aliphatic hydroxyl groups is 1. The zero-order valence-corrected chi connectivity index (χ0v) is 5.72. The van der Waals surface area contributed by atoms with Crippen molar-refractivity contribution < 1.29 is 5.11 Å². The van der Waals surface area contributed by atoms with Gasteiger partial charge in [-0.2, -0.15) is 0 Å². The second-order valence-electron chi connectivity index (χ2n) is 2.53. The maximum atomic E-state index is 8.71. The van der Waals surface area contributed by atoms with Gasteiger partial charge in [0, 0.05) is 12.6 Å². The Morgan fingerprint density at radius 3 is 3.11 bits per heavy atom. The Morgan fingerprint density at radius 2 is 2.67 bits per heavy atom. The average Bonchev–Trinajstić information content (AvgIpc) is 1.88. The van der Waals surface area contributed by atoms with Crippen LogP contribution in [0.25, 0.3) is 0 Å². The lowest BCUT2D eigenvalue weighted by atomic mass is 10.0. The first-order chi connectivity index (χ1) is 4.33. The summed E-state index contributed by atoms with van der Waals surface area (Å²) in [4.78, 5) is 0. The predicted octanol–water partition coefficient (Wildman–Crippen LogP) is 0.287. The van der Waals surface area contributed by atoms with Crippen molar-refractivity contribution in [3.05, 3.63) is 11.6 Å². The van der Waals surface area contributed by atoms with Crippen molar-refractivity contribution in [2.24, 2.45) is 0 Å². The molecular weight excluding hydrogens is 114 g/mol. The summed E-state index contributed by atoms with van der Waals surface area (Å²) >= 11 is 0. The molecule has 0 saturated carbocycles. The summed E-state index contributed by atoms with van der Waals surface area (Å²) in [6, 6.07) is 0.539. The standard InChI is InChI=1S/C7H13NO/c1-6-4-7(5-9)2-3-8-6/h2,6,8-9H,3-5H2,1H3. The normalized spacial score (nSPS) is 27.8. The van der Waals surface area contributed by atoms with Crippen LogP contribution in [0, 0.1) is 0 Å². The zero-order chi connectivity index (χ0) is 6.69. The highest BCUT2D eigenvalue weighted by Crippen LogP contribution is 2.07. The minimum atomic E-state index is 0.228. The fraction of sp³-hybridized carbons (Fsp3) is 0.714. The number of nitrogens with one attached hydrogen (secondary N) is 1. The van der Waals surface area contributed by atoms with E-state index in [1.54, 1.807) is 0 Å². The Kier molecular flexibility index (Phi) is 2.25. The summed E-state index contributed by atoms with van der Waals surface area (Å²) in [6.45, 7) is 3.27. The first-order valence-corrected chi connectivity index (χ1v) is 3.35. The average molecular weight is 127 g/mol. The maximum absolute atomic E-state index is 8.71. The minimum absolute atomic E-state index is 0.228. The Morgan fingerprint density at radius 1 is 1.89 bits per heavy atom. The van der Waals surface area contributed by atoms with Gasteiger partial charge in [0.15, 0.2) is 0 Å². The monoisotopic (exact) mass is 127 g/mol. The molecule has 1 atom stereocenters. The molecule has 1 rings (SSSR count). The molecule has 2 nitrogen and oxygen atoms in total. The van der Waals surface area contributed by atoms with E-state index in [1.807, 2.05) is 0 Å². The molecule has 0 saturated heterocycles. The van der Waals surface area contributed by atoms with Gasteiger partial charge >= 0.3 is 0 Å². The van der Waals surface area contributed by atoms with E-state index in [-0.39, 0.29) is 6.61 Å². The molecule has 0 aromatic heterocycles. The van der Waals surface area contributed by atoms with Crippen molar-refractivity contribution in [3.63, 3.8) is 0 Å². The van der Waals surface area contributed by atoms with Crippen LogP contribution >= 0.6 is 0 Å². The highest BCUT2D eigenvalue weighted by Gasteiger charge is 2.07. The lowest BCUT2D eigenvalue weighted by Gasteiger charge is -2.18. The molecule has 1 heterocycles. The lowest BCUT2D eigenvalue weighted by molar-refractivity contribution is 0.318. The predicted molar refractivity (Wildman–Crippen MR) is 37.3 cm³/mol. The van der Waals surface area contributed by atoms with Gasteiger partial charge in [0.1, 0.15) is 0 Å². The van der Waals surface area contributed by atoms with Gasteiger partial charge in [-0.3, -0.25) is 0 Å². The first kappa shape index (κ1) is 6.78. The summed E-state index contributed by atoms with van der Waals surface area (Å²) in [7, 11) is 0. The zero-order valence-electron chi connectivity index (χ0n) is 5.72. The molecule has 0 aromatic rings. The molecule has 9 heavy (non-hydrogen) atoms. The van der Waals surface area contributed by atoms with Crippen molar-refractivity contribution in [2.75, 3.05) is 13.2 Å². The molecule has 0 amide bonds. The van der Waals surface area contributed by atoms with Crippen LogP contribution in [-0.4, -0.2) is 24.3 Å². The molecule has 0 spiro atoms. The summed E-state index contributed by atoms with van der Waals surface area (Å²) in [5, 5.41) is 12.0. The van der Waals surface area contributed by atoms with E-state index in [0.29, 0.717) is 6.04 Å². The van der Waals surface area contributed by atoms with Crippen LogP contribution in [0.15, 0.2) is 11.6 Å². The van der Waals surface area contributed by atoms with Gasteiger partial charge in [-0.05, 0) is 18.9 Å². The van der Waals surface area contributed by atoms with Crippen molar-refractivity contribution >= 4 is 0 Å². The number of aliphatic hydroxyl groups excluding tert-OH is 1. The molecule has 2 heteroatoms. The second-order valence-corrected chi connectivity index (χ2v) is 2.53. The van der Waals surface area contributed by atoms with Gasteiger partial charge in [-0.1, -0.05) is 6.08 Å². The fourth-order valence-electron chi connectivity index (χ4n) is 1.08. The molecule has 0 radical (unpaired) electrons. The van der Waals surface area contributed by atoms with E-state index in [4.69, 9.17) is 5.11 Å². The molecule has 0 bridgehead atoms. The van der Waals surface area contributed by atoms with Crippen LogP contribution in [0.3, 0.4) is 0 Å². The summed E-state index contributed by atoms with van der Waals surface area (Å²) in [6.07, 6.45) is 3.05. The van der Waals surface area contributed by atoms with Gasteiger partial charge in [0.2, 0.25) is 0 Å². The van der Waals surface area contributed by atoms with E-state index in [0.717, 1.165) is 13.0 Å². The summed E-state index contributed by atoms with van der Waals surface area (Å²) in [5.41, 5.74) is 1.17. The van der Waals surface area contributed by atoms with Crippen molar-refractivity contribution in [1.82, 2.24) is 5.32 Å². The molecule has 1 aliphatic rings. The Hall–Kier alpha value is -0.340. The summed E-state index contributed by atoms with van der Waals surface area (Å²) < 4.78 is 0. The van der Waals surface area contributed by atoms with Gasteiger partial charge in [-0.15, -0.1) is 0 Å². The van der Waals surface area contributed by atoms with Crippen LogP contribution in [0.2, 0.25) is 0 Å². The summed E-state index contributed by atoms with van der Waals surface area (Å²) in [5.74, 6) is 0. The number of hydrogen-bond donors (Lipinski definition) is 2. The van der Waals surface area contributed by atoms with Crippen LogP contribution in [0.4, 0.5) is 0 Å². The van der Waals surface area contributed by atoms with Crippen LogP contribution in [0.5, 0.6) is 0 Å². The third-order valence-electron chi connectivity index (χ3n) is 1.63. The smallest absolute Gasteiger partial charge is 0.0642 e. The largest absolute Gasteiger partial charge is 0.392 e. The van der Waals surface area contributed by atoms with Crippen LogP contribution in [0.1, 0.15) is 13.3 Å². The van der Waals surface area contributed by atoms with Crippen molar-refractivity contribution in [1.29, 1.82) is 0 Å². The molecule has 0 aromatic carbocycles. The third kappa shape index (κ3) is 1.80. The van der Waals surface area contributed by atoms with Crippen molar-refractivity contribution in [3.8, 4) is 0 Å². The third-order valence-corrected chi connectivity index (χ3v) is 1.63. The maximum Gasteiger partial charge on any atom is 0.0642 e. The van der Waals surface area contributed by atoms with Crippen molar-refractivity contribution in [2.45, 2.75) is 19.4 Å². The fourth-order valence-corrected chi connectivity index (χ4v) is 1.08. The highest BCUT2D eigenvalue weighted by atomic mass is 16.3. The second kappa shape index (κ2) is 2.99. The Bertz CT molecular complexity index is 120. The van der Waals surface area contributed by atoms with E-state index in [9.17, 15) is 0 Å².